The van der Waals surface area contributed by atoms with Gasteiger partial charge in [0.25, 0.3) is 0 Å². The molecule has 2 N–H and O–H groups in total. The molecule has 86 valence electrons. The Kier molecular flexibility index (Phi) is 3.59. The van der Waals surface area contributed by atoms with Crippen LogP contribution in [0.2, 0.25) is 0 Å². The lowest BCUT2D eigenvalue weighted by Crippen LogP contribution is -2.35. The summed E-state index contributed by atoms with van der Waals surface area (Å²) in [5.41, 5.74) is 5.75. The van der Waals surface area contributed by atoms with Gasteiger partial charge in [-0.2, -0.15) is 0 Å². The van der Waals surface area contributed by atoms with Crippen molar-refractivity contribution in [2.45, 2.75) is 44.2 Å². The number of hydrogen-bond acceptors (Lipinski definition) is 3. The molecular formula is C11H20N2O2. The Balaban J connectivity index is 1.67. The fourth-order valence-corrected chi connectivity index (χ4v) is 2.35. The summed E-state index contributed by atoms with van der Waals surface area (Å²) in [6, 6.07) is 0.167. The number of nitrogens with zero attached hydrogens (tertiary/aromatic N) is 1. The molecule has 1 atom stereocenters. The largest absolute Gasteiger partial charge is 0.368 e. The number of carbonyl (C=O) groups is 1. The molecule has 0 radical (unpaired) electrons. The molecule has 1 heterocycles. The summed E-state index contributed by atoms with van der Waals surface area (Å²) >= 11 is 0. The van der Waals surface area contributed by atoms with Gasteiger partial charge in [-0.1, -0.05) is 12.8 Å². The molecule has 15 heavy (non-hydrogen) atoms. The maximum atomic E-state index is 11.7. The maximum absolute atomic E-state index is 11.7. The van der Waals surface area contributed by atoms with Crippen molar-refractivity contribution in [3.8, 4) is 0 Å². The summed E-state index contributed by atoms with van der Waals surface area (Å²) in [6.45, 7) is 1.75. The molecule has 1 saturated carbocycles. The molecule has 4 nitrogen and oxygen atoms in total. The molecular weight excluding hydrogens is 192 g/mol. The summed E-state index contributed by atoms with van der Waals surface area (Å²) < 4.78 is 5.58. The highest BCUT2D eigenvalue weighted by molar-refractivity contribution is 5.77. The topological polar surface area (TPSA) is 55.6 Å². The minimum Gasteiger partial charge on any atom is -0.368 e. The molecule has 0 aromatic carbocycles. The van der Waals surface area contributed by atoms with Crippen LogP contribution < -0.4 is 5.73 Å². The average Bonchev–Trinajstić information content (AvgIpc) is 2.84. The molecule has 2 rings (SSSR count). The van der Waals surface area contributed by atoms with E-state index in [1.807, 2.05) is 4.90 Å². The molecule has 1 aliphatic heterocycles. The minimum absolute atomic E-state index is 0.106. The molecule has 2 aliphatic rings. The number of ether oxygens (including phenoxy) is 1. The molecule has 0 bridgehead atoms. The highest BCUT2D eigenvalue weighted by atomic mass is 16.5. The van der Waals surface area contributed by atoms with Gasteiger partial charge in [0.05, 0.1) is 6.10 Å². The lowest BCUT2D eigenvalue weighted by molar-refractivity contribution is -0.137. The van der Waals surface area contributed by atoms with Crippen molar-refractivity contribution in [2.24, 2.45) is 5.73 Å². The van der Waals surface area contributed by atoms with Gasteiger partial charge in [0.1, 0.15) is 6.61 Å². The van der Waals surface area contributed by atoms with Crippen molar-refractivity contribution in [1.29, 1.82) is 0 Å². The lowest BCUT2D eigenvalue weighted by atomic mass is 10.3. The summed E-state index contributed by atoms with van der Waals surface area (Å²) in [7, 11) is 0. The third-order valence-corrected chi connectivity index (χ3v) is 3.32. The van der Waals surface area contributed by atoms with Crippen LogP contribution in [0.25, 0.3) is 0 Å². The summed E-state index contributed by atoms with van der Waals surface area (Å²) in [6.07, 6.45) is 5.97. The van der Waals surface area contributed by atoms with Crippen LogP contribution in [0.5, 0.6) is 0 Å². The summed E-state index contributed by atoms with van der Waals surface area (Å²) in [5.74, 6) is 0.106. The van der Waals surface area contributed by atoms with E-state index in [1.54, 1.807) is 0 Å². The van der Waals surface area contributed by atoms with Gasteiger partial charge in [0, 0.05) is 19.1 Å². The number of nitrogens with two attached hydrogens (primary N) is 1. The predicted molar refractivity (Wildman–Crippen MR) is 57.4 cm³/mol. The Hall–Kier alpha value is -0.610. The zero-order chi connectivity index (χ0) is 10.7. The molecule has 4 heteroatoms. The van der Waals surface area contributed by atoms with Crippen LogP contribution in [0.3, 0.4) is 0 Å². The minimum atomic E-state index is 0.106. The van der Waals surface area contributed by atoms with Crippen molar-refractivity contribution in [2.75, 3.05) is 19.7 Å². The second-order valence-electron chi connectivity index (χ2n) is 4.61. The zero-order valence-corrected chi connectivity index (χ0v) is 9.15. The lowest BCUT2D eigenvalue weighted by Gasteiger charge is -2.17. The van der Waals surface area contributed by atoms with Crippen LogP contribution in [0.15, 0.2) is 0 Å². The molecule has 1 saturated heterocycles. The summed E-state index contributed by atoms with van der Waals surface area (Å²) in [4.78, 5) is 13.5. The molecule has 1 unspecified atom stereocenters. The standard InChI is InChI=1S/C11H20N2O2/c12-9-5-6-13(7-9)11(14)8-15-10-3-1-2-4-10/h9-10H,1-8,12H2. The van der Waals surface area contributed by atoms with Crippen LogP contribution in [-0.4, -0.2) is 42.6 Å². The third kappa shape index (κ3) is 2.92. The number of carbonyl (C=O) groups excluding carboxylic acids is 1. The van der Waals surface area contributed by atoms with Crippen LogP contribution >= 0.6 is 0 Å². The van der Waals surface area contributed by atoms with Gasteiger partial charge >= 0.3 is 0 Å². The monoisotopic (exact) mass is 212 g/mol. The molecule has 2 fully saturated rings. The zero-order valence-electron chi connectivity index (χ0n) is 9.15. The molecule has 0 spiro atoms. The fraction of sp³-hybridized carbons (Fsp3) is 0.909. The first kappa shape index (κ1) is 10.9. The van der Waals surface area contributed by atoms with Gasteiger partial charge in [-0.15, -0.1) is 0 Å². The average molecular weight is 212 g/mol. The van der Waals surface area contributed by atoms with Gasteiger partial charge < -0.3 is 15.4 Å². The Bertz CT molecular complexity index is 227. The first-order chi connectivity index (χ1) is 7.25. The third-order valence-electron chi connectivity index (χ3n) is 3.32. The van der Waals surface area contributed by atoms with Gasteiger partial charge in [0.2, 0.25) is 5.91 Å². The van der Waals surface area contributed by atoms with Crippen LogP contribution in [0.1, 0.15) is 32.1 Å². The molecule has 0 aromatic rings. The molecule has 1 amide bonds. The number of rotatable bonds is 3. The van der Waals surface area contributed by atoms with Crippen LogP contribution in [-0.2, 0) is 9.53 Å². The fourth-order valence-electron chi connectivity index (χ4n) is 2.35. The Morgan fingerprint density at radius 2 is 2.07 bits per heavy atom. The van der Waals surface area contributed by atoms with E-state index in [0.29, 0.717) is 12.6 Å². The van der Waals surface area contributed by atoms with E-state index in [9.17, 15) is 4.79 Å². The number of amides is 1. The van der Waals surface area contributed by atoms with Crippen molar-refractivity contribution in [3.63, 3.8) is 0 Å². The van der Waals surface area contributed by atoms with Crippen molar-refractivity contribution in [1.82, 2.24) is 4.90 Å². The Labute approximate surface area is 90.8 Å². The second kappa shape index (κ2) is 4.94. The molecule has 0 aromatic heterocycles. The van der Waals surface area contributed by atoms with Crippen molar-refractivity contribution >= 4 is 5.91 Å². The van der Waals surface area contributed by atoms with E-state index in [2.05, 4.69) is 0 Å². The van der Waals surface area contributed by atoms with Gasteiger partial charge in [0.15, 0.2) is 0 Å². The van der Waals surface area contributed by atoms with Gasteiger partial charge in [-0.05, 0) is 19.3 Å². The van der Waals surface area contributed by atoms with E-state index < -0.39 is 0 Å². The van der Waals surface area contributed by atoms with Crippen LogP contribution in [0.4, 0.5) is 0 Å². The number of likely N-dealkylation sites (tertiary alicyclic amines) is 1. The SMILES string of the molecule is NC1CCN(C(=O)COC2CCCC2)C1. The maximum Gasteiger partial charge on any atom is 0.248 e. The number of hydrogen-bond donors (Lipinski definition) is 1. The normalized spacial score (nSPS) is 27.5. The van der Waals surface area contributed by atoms with E-state index in [1.165, 1.54) is 12.8 Å². The second-order valence-corrected chi connectivity index (χ2v) is 4.61. The van der Waals surface area contributed by atoms with Crippen LogP contribution in [0, 0.1) is 0 Å². The highest BCUT2D eigenvalue weighted by Crippen LogP contribution is 2.21. The highest BCUT2D eigenvalue weighted by Gasteiger charge is 2.24. The van der Waals surface area contributed by atoms with E-state index in [-0.39, 0.29) is 18.6 Å². The van der Waals surface area contributed by atoms with Gasteiger partial charge in [-0.3, -0.25) is 4.79 Å². The molecule has 1 aliphatic carbocycles. The Morgan fingerprint density at radius 3 is 2.67 bits per heavy atom. The first-order valence-electron chi connectivity index (χ1n) is 5.90. The van der Waals surface area contributed by atoms with E-state index >= 15 is 0 Å². The van der Waals surface area contributed by atoms with Gasteiger partial charge in [-0.25, -0.2) is 0 Å². The van der Waals surface area contributed by atoms with Crippen molar-refractivity contribution < 1.29 is 9.53 Å². The predicted octanol–water partition coefficient (Wildman–Crippen LogP) is 0.505. The summed E-state index contributed by atoms with van der Waals surface area (Å²) in [5, 5.41) is 0. The van der Waals surface area contributed by atoms with E-state index in [0.717, 1.165) is 25.8 Å². The van der Waals surface area contributed by atoms with E-state index in [4.69, 9.17) is 10.5 Å². The smallest absolute Gasteiger partial charge is 0.248 e. The Morgan fingerprint density at radius 1 is 1.33 bits per heavy atom. The first-order valence-corrected chi connectivity index (χ1v) is 5.90. The van der Waals surface area contributed by atoms with Crippen molar-refractivity contribution in [3.05, 3.63) is 0 Å². The quantitative estimate of drug-likeness (QED) is 0.741.